The van der Waals surface area contributed by atoms with Gasteiger partial charge in [-0.25, -0.2) is 12.8 Å². The third-order valence-electron chi connectivity index (χ3n) is 5.26. The van der Waals surface area contributed by atoms with E-state index in [1.54, 1.807) is 30.3 Å². The molecule has 0 aliphatic heterocycles. The van der Waals surface area contributed by atoms with Crippen LogP contribution in [0.3, 0.4) is 0 Å². The SMILES string of the molecule is CS(=O)(=O)Nc1ccc(/C=C/C(=O)NCC2(c3ccc(F)cc3)CCCC2)cc1. The predicted octanol–water partition coefficient (Wildman–Crippen LogP) is 3.84. The van der Waals surface area contributed by atoms with Gasteiger partial charge in [0.15, 0.2) is 0 Å². The monoisotopic (exact) mass is 416 g/mol. The summed E-state index contributed by atoms with van der Waals surface area (Å²) in [6, 6.07) is 13.3. The average molecular weight is 417 g/mol. The molecular formula is C22H25FN2O3S. The second kappa shape index (κ2) is 8.78. The van der Waals surface area contributed by atoms with Crippen LogP contribution in [0.2, 0.25) is 0 Å². The van der Waals surface area contributed by atoms with Crippen LogP contribution in [0.1, 0.15) is 36.8 Å². The molecule has 1 aliphatic carbocycles. The lowest BCUT2D eigenvalue weighted by Gasteiger charge is -2.29. The molecule has 1 fully saturated rings. The van der Waals surface area contributed by atoms with Gasteiger partial charge < -0.3 is 5.32 Å². The van der Waals surface area contributed by atoms with Gasteiger partial charge in [0.25, 0.3) is 0 Å². The number of carbonyl (C=O) groups excluding carboxylic acids is 1. The lowest BCUT2D eigenvalue weighted by Crippen LogP contribution is -2.38. The summed E-state index contributed by atoms with van der Waals surface area (Å²) in [4.78, 5) is 12.3. The second-order valence-corrected chi connectivity index (χ2v) is 9.29. The first-order chi connectivity index (χ1) is 13.8. The van der Waals surface area contributed by atoms with Gasteiger partial charge in [-0.05, 0) is 54.3 Å². The van der Waals surface area contributed by atoms with Crippen LogP contribution in [-0.4, -0.2) is 27.1 Å². The maximum atomic E-state index is 13.3. The molecule has 2 N–H and O–H groups in total. The number of hydrogen-bond donors (Lipinski definition) is 2. The highest BCUT2D eigenvalue weighted by Crippen LogP contribution is 2.40. The number of anilines is 1. The zero-order chi connectivity index (χ0) is 20.9. The van der Waals surface area contributed by atoms with E-state index in [0.29, 0.717) is 12.2 Å². The topological polar surface area (TPSA) is 75.3 Å². The smallest absolute Gasteiger partial charge is 0.244 e. The number of sulfonamides is 1. The van der Waals surface area contributed by atoms with Gasteiger partial charge in [0.05, 0.1) is 6.26 Å². The number of halogens is 1. The van der Waals surface area contributed by atoms with Crippen LogP contribution in [0.4, 0.5) is 10.1 Å². The highest BCUT2D eigenvalue weighted by atomic mass is 32.2. The molecule has 2 aromatic rings. The highest BCUT2D eigenvalue weighted by molar-refractivity contribution is 7.92. The molecule has 2 aromatic carbocycles. The van der Waals surface area contributed by atoms with Gasteiger partial charge in [0.2, 0.25) is 15.9 Å². The van der Waals surface area contributed by atoms with Gasteiger partial charge in [-0.15, -0.1) is 0 Å². The van der Waals surface area contributed by atoms with Crippen molar-refractivity contribution in [3.05, 3.63) is 71.6 Å². The number of nitrogens with one attached hydrogen (secondary N) is 2. The number of rotatable bonds is 7. The number of hydrogen-bond acceptors (Lipinski definition) is 3. The van der Waals surface area contributed by atoms with Gasteiger partial charge in [-0.3, -0.25) is 9.52 Å². The number of benzene rings is 2. The van der Waals surface area contributed by atoms with E-state index in [4.69, 9.17) is 0 Å². The average Bonchev–Trinajstić information content (AvgIpc) is 3.15. The molecule has 0 heterocycles. The Kier molecular flexibility index (Phi) is 6.37. The Balaban J connectivity index is 1.60. The van der Waals surface area contributed by atoms with E-state index in [9.17, 15) is 17.6 Å². The first-order valence-corrected chi connectivity index (χ1v) is 11.4. The Morgan fingerprint density at radius 1 is 1.07 bits per heavy atom. The van der Waals surface area contributed by atoms with Crippen molar-refractivity contribution in [1.29, 1.82) is 0 Å². The van der Waals surface area contributed by atoms with Crippen LogP contribution in [0.5, 0.6) is 0 Å². The number of carbonyl (C=O) groups is 1. The standard InChI is InChI=1S/C22H25FN2O3S/c1-29(27,28)25-20-11-4-17(5-12-20)6-13-21(26)24-16-22(14-2-3-15-22)18-7-9-19(23)10-8-18/h4-13,25H,2-3,14-16H2,1H3,(H,24,26)/b13-6+. The molecule has 5 nitrogen and oxygen atoms in total. The highest BCUT2D eigenvalue weighted by Gasteiger charge is 2.35. The molecule has 1 aliphatic rings. The fourth-order valence-electron chi connectivity index (χ4n) is 3.79. The summed E-state index contributed by atoms with van der Waals surface area (Å²) < 4.78 is 38.1. The van der Waals surface area contributed by atoms with Crippen molar-refractivity contribution < 1.29 is 17.6 Å². The molecular weight excluding hydrogens is 391 g/mol. The van der Waals surface area contributed by atoms with Crippen LogP contribution in [0, 0.1) is 5.82 Å². The molecule has 154 valence electrons. The molecule has 0 atom stereocenters. The first kappa shape index (κ1) is 21.0. The maximum absolute atomic E-state index is 13.3. The van der Waals surface area contributed by atoms with Gasteiger partial charge >= 0.3 is 0 Å². The van der Waals surface area contributed by atoms with Crippen molar-refractivity contribution in [2.24, 2.45) is 0 Å². The quantitative estimate of drug-likeness (QED) is 0.674. The molecule has 29 heavy (non-hydrogen) atoms. The third-order valence-corrected chi connectivity index (χ3v) is 5.87. The molecule has 0 aromatic heterocycles. The van der Waals surface area contributed by atoms with Gasteiger partial charge in [0.1, 0.15) is 5.82 Å². The van der Waals surface area contributed by atoms with Crippen molar-refractivity contribution >= 4 is 27.7 Å². The van der Waals surface area contributed by atoms with Crippen LogP contribution in [0.15, 0.2) is 54.6 Å². The molecule has 0 unspecified atom stereocenters. The number of amides is 1. The van der Waals surface area contributed by atoms with E-state index >= 15 is 0 Å². The Morgan fingerprint density at radius 2 is 1.69 bits per heavy atom. The zero-order valence-electron chi connectivity index (χ0n) is 16.3. The van der Waals surface area contributed by atoms with E-state index in [0.717, 1.165) is 43.1 Å². The largest absolute Gasteiger partial charge is 0.352 e. The Bertz CT molecular complexity index is 978. The molecule has 0 radical (unpaired) electrons. The Labute approximate surface area is 171 Å². The summed E-state index contributed by atoms with van der Waals surface area (Å²) in [6.45, 7) is 0.513. The van der Waals surface area contributed by atoms with Crippen LogP contribution in [-0.2, 0) is 20.2 Å². The molecule has 0 spiro atoms. The van der Waals surface area contributed by atoms with Gasteiger partial charge in [0, 0.05) is 23.7 Å². The fraction of sp³-hybridized carbons (Fsp3) is 0.318. The minimum atomic E-state index is -3.32. The normalized spacial score (nSPS) is 16.1. The minimum absolute atomic E-state index is 0.143. The van der Waals surface area contributed by atoms with E-state index in [1.165, 1.54) is 18.2 Å². The predicted molar refractivity (Wildman–Crippen MR) is 113 cm³/mol. The first-order valence-electron chi connectivity index (χ1n) is 9.56. The van der Waals surface area contributed by atoms with Crippen LogP contribution in [0.25, 0.3) is 6.08 Å². The van der Waals surface area contributed by atoms with Crippen molar-refractivity contribution in [3.8, 4) is 0 Å². The summed E-state index contributed by atoms with van der Waals surface area (Å²) in [7, 11) is -3.32. The molecule has 1 saturated carbocycles. The Morgan fingerprint density at radius 3 is 2.28 bits per heavy atom. The summed E-state index contributed by atoms with van der Waals surface area (Å²) in [5.41, 5.74) is 2.18. The molecule has 7 heteroatoms. The summed E-state index contributed by atoms with van der Waals surface area (Å²) in [5, 5.41) is 2.98. The summed E-state index contributed by atoms with van der Waals surface area (Å²) in [6.07, 6.45) is 8.36. The summed E-state index contributed by atoms with van der Waals surface area (Å²) >= 11 is 0. The van der Waals surface area contributed by atoms with E-state index in [2.05, 4.69) is 10.0 Å². The van der Waals surface area contributed by atoms with Crippen molar-refractivity contribution in [2.75, 3.05) is 17.5 Å². The molecule has 0 bridgehead atoms. The van der Waals surface area contributed by atoms with Crippen LogP contribution < -0.4 is 10.0 Å². The molecule has 3 rings (SSSR count). The van der Waals surface area contributed by atoms with Gasteiger partial charge in [-0.2, -0.15) is 0 Å². The van der Waals surface area contributed by atoms with E-state index in [-0.39, 0.29) is 17.1 Å². The van der Waals surface area contributed by atoms with E-state index in [1.807, 2.05) is 12.1 Å². The van der Waals surface area contributed by atoms with Crippen molar-refractivity contribution in [1.82, 2.24) is 5.32 Å². The fourth-order valence-corrected chi connectivity index (χ4v) is 4.35. The Hall–Kier alpha value is -2.67. The second-order valence-electron chi connectivity index (χ2n) is 7.54. The van der Waals surface area contributed by atoms with Crippen LogP contribution >= 0.6 is 0 Å². The third kappa shape index (κ3) is 5.90. The van der Waals surface area contributed by atoms with Gasteiger partial charge in [-0.1, -0.05) is 37.1 Å². The van der Waals surface area contributed by atoms with E-state index < -0.39 is 10.0 Å². The maximum Gasteiger partial charge on any atom is 0.244 e. The lowest BCUT2D eigenvalue weighted by atomic mass is 9.79. The summed E-state index contributed by atoms with van der Waals surface area (Å²) in [5.74, 6) is -0.455. The van der Waals surface area contributed by atoms with Crippen molar-refractivity contribution in [2.45, 2.75) is 31.1 Å². The minimum Gasteiger partial charge on any atom is -0.352 e. The lowest BCUT2D eigenvalue weighted by molar-refractivity contribution is -0.116. The zero-order valence-corrected chi connectivity index (χ0v) is 17.1. The molecule has 1 amide bonds. The van der Waals surface area contributed by atoms with Crippen molar-refractivity contribution in [3.63, 3.8) is 0 Å². The molecule has 0 saturated heterocycles.